The number of benzene rings is 2. The summed E-state index contributed by atoms with van der Waals surface area (Å²) in [6.45, 7) is 2.13. The minimum Gasteiger partial charge on any atom is -0.490 e. The molecule has 0 aliphatic rings. The molecule has 38 heavy (non-hydrogen) atoms. The zero-order chi connectivity index (χ0) is 26.7. The lowest BCUT2D eigenvalue weighted by molar-refractivity contribution is -0.117. The molecule has 0 aliphatic heterocycles. The van der Waals surface area contributed by atoms with E-state index in [1.54, 1.807) is 67.6 Å². The van der Waals surface area contributed by atoms with Crippen molar-refractivity contribution < 1.29 is 28.3 Å². The monoisotopic (exact) mass is 529 g/mol. The van der Waals surface area contributed by atoms with E-state index in [9.17, 15) is 14.4 Å². The summed E-state index contributed by atoms with van der Waals surface area (Å²) in [5, 5.41) is 8.53. The van der Waals surface area contributed by atoms with Crippen LogP contribution in [0.5, 0.6) is 11.5 Å². The number of amides is 2. The van der Waals surface area contributed by atoms with Crippen molar-refractivity contribution >= 4 is 41.4 Å². The maximum Gasteiger partial charge on any atom is 0.379 e. The van der Waals surface area contributed by atoms with Gasteiger partial charge in [-0.1, -0.05) is 24.3 Å². The van der Waals surface area contributed by atoms with E-state index in [1.165, 1.54) is 29.9 Å². The molecule has 4 aromatic rings. The van der Waals surface area contributed by atoms with Gasteiger partial charge >= 0.3 is 5.97 Å². The van der Waals surface area contributed by atoms with Crippen molar-refractivity contribution in [3.05, 3.63) is 112 Å². The van der Waals surface area contributed by atoms with Gasteiger partial charge in [0.15, 0.2) is 11.5 Å². The van der Waals surface area contributed by atoms with Crippen LogP contribution in [0, 0.1) is 0 Å². The molecule has 2 aromatic heterocycles. The van der Waals surface area contributed by atoms with Crippen LogP contribution in [0.15, 0.2) is 99.7 Å². The van der Waals surface area contributed by atoms with Gasteiger partial charge in [0, 0.05) is 10.4 Å². The van der Waals surface area contributed by atoms with Gasteiger partial charge in [-0.05, 0) is 72.5 Å². The average molecular weight is 530 g/mol. The van der Waals surface area contributed by atoms with Crippen LogP contribution in [0.25, 0.3) is 6.08 Å². The second kappa shape index (κ2) is 12.8. The summed E-state index contributed by atoms with van der Waals surface area (Å²) in [7, 11) is 0. The molecular weight excluding hydrogens is 506 g/mol. The number of carbonyl (C=O) groups excluding carboxylic acids is 3. The smallest absolute Gasteiger partial charge is 0.379 e. The van der Waals surface area contributed by atoms with Gasteiger partial charge in [0.25, 0.3) is 11.8 Å². The van der Waals surface area contributed by atoms with E-state index < -0.39 is 17.8 Å². The molecule has 0 radical (unpaired) electrons. The Kier molecular flexibility index (Phi) is 8.82. The maximum absolute atomic E-state index is 12.9. The summed E-state index contributed by atoms with van der Waals surface area (Å²) >= 11 is 1.42. The minimum absolute atomic E-state index is 0.0358. The highest BCUT2D eigenvalue weighted by Crippen LogP contribution is 2.29. The fraction of sp³-hybridized carbons (Fsp3) is 0.0714. The molecule has 0 saturated heterocycles. The van der Waals surface area contributed by atoms with Crippen LogP contribution >= 0.6 is 11.3 Å². The maximum atomic E-state index is 12.9. The van der Waals surface area contributed by atoms with E-state index in [0.717, 1.165) is 4.88 Å². The van der Waals surface area contributed by atoms with Gasteiger partial charge in [0.05, 0.1) is 19.1 Å². The first-order chi connectivity index (χ1) is 18.5. The first kappa shape index (κ1) is 26.1. The number of thiophene rings is 1. The number of hydrogen-bond acceptors (Lipinski definition) is 8. The molecule has 0 unspecified atom stereocenters. The fourth-order valence-electron chi connectivity index (χ4n) is 3.19. The summed E-state index contributed by atoms with van der Waals surface area (Å²) < 4.78 is 16.0. The lowest BCUT2D eigenvalue weighted by atomic mass is 10.2. The fourth-order valence-corrected chi connectivity index (χ4v) is 3.84. The molecule has 0 aliphatic carbocycles. The van der Waals surface area contributed by atoms with E-state index in [0.29, 0.717) is 23.5 Å². The van der Waals surface area contributed by atoms with Gasteiger partial charge in [-0.3, -0.25) is 9.59 Å². The lowest BCUT2D eigenvalue weighted by Gasteiger charge is -2.11. The molecular formula is C28H23N3O6S. The molecule has 2 heterocycles. The van der Waals surface area contributed by atoms with Crippen molar-refractivity contribution in [3.63, 3.8) is 0 Å². The first-order valence-electron chi connectivity index (χ1n) is 11.5. The zero-order valence-corrected chi connectivity index (χ0v) is 21.1. The largest absolute Gasteiger partial charge is 0.490 e. The molecule has 2 N–H and O–H groups in total. The Morgan fingerprint density at radius 3 is 2.55 bits per heavy atom. The topological polar surface area (TPSA) is 119 Å². The number of rotatable bonds is 10. The molecule has 4 rings (SSSR count). The van der Waals surface area contributed by atoms with E-state index in [4.69, 9.17) is 13.9 Å². The third kappa shape index (κ3) is 7.05. The van der Waals surface area contributed by atoms with Crippen LogP contribution in [0.1, 0.15) is 38.3 Å². The Hall–Kier alpha value is -4.96. The van der Waals surface area contributed by atoms with E-state index >= 15 is 0 Å². The number of nitrogens with zero attached hydrogens (tertiary/aromatic N) is 1. The van der Waals surface area contributed by atoms with Gasteiger partial charge in [0.1, 0.15) is 5.70 Å². The summed E-state index contributed by atoms with van der Waals surface area (Å²) in [5.74, 6) is -1.10. The Bertz CT molecular complexity index is 1450. The highest BCUT2D eigenvalue weighted by atomic mass is 32.1. The Morgan fingerprint density at radius 1 is 1.00 bits per heavy atom. The quantitative estimate of drug-likeness (QED) is 0.0994. The highest BCUT2D eigenvalue weighted by Gasteiger charge is 2.16. The number of nitrogens with one attached hydrogen (secondary N) is 2. The lowest BCUT2D eigenvalue weighted by Crippen LogP contribution is -2.32. The second-order valence-corrected chi connectivity index (χ2v) is 8.58. The van der Waals surface area contributed by atoms with Crippen molar-refractivity contribution in [1.29, 1.82) is 0 Å². The van der Waals surface area contributed by atoms with Crippen molar-refractivity contribution in [2.75, 3.05) is 6.61 Å². The predicted molar refractivity (Wildman–Crippen MR) is 143 cm³/mol. The van der Waals surface area contributed by atoms with Crippen molar-refractivity contribution in [3.8, 4) is 11.5 Å². The van der Waals surface area contributed by atoms with Crippen LogP contribution in [0.2, 0.25) is 0 Å². The van der Waals surface area contributed by atoms with Gasteiger partial charge < -0.3 is 19.2 Å². The predicted octanol–water partition coefficient (Wildman–Crippen LogP) is 4.88. The summed E-state index contributed by atoms with van der Waals surface area (Å²) in [6.07, 6.45) is 4.36. The highest BCUT2D eigenvalue weighted by molar-refractivity contribution is 7.10. The number of carbonyl (C=O) groups is 3. The first-order valence-corrected chi connectivity index (χ1v) is 12.4. The molecule has 9 nitrogen and oxygen atoms in total. The van der Waals surface area contributed by atoms with Crippen molar-refractivity contribution in [2.45, 2.75) is 6.92 Å². The summed E-state index contributed by atoms with van der Waals surface area (Å²) in [4.78, 5) is 38.5. The molecule has 0 spiro atoms. The third-order valence-corrected chi connectivity index (χ3v) is 5.75. The SMILES string of the molecule is CCOc1cc(/C=N/NC(=O)/C(=C\c2cccs2)NC(=O)c2ccccc2)ccc1OC(=O)c1ccco1. The molecule has 2 amide bonds. The summed E-state index contributed by atoms with van der Waals surface area (Å²) in [5.41, 5.74) is 3.45. The van der Waals surface area contributed by atoms with Gasteiger partial charge in [-0.15, -0.1) is 11.3 Å². The number of esters is 1. The molecule has 2 aromatic carbocycles. The summed E-state index contributed by atoms with van der Waals surface area (Å²) in [6, 6.07) is 20.1. The molecule has 10 heteroatoms. The van der Waals surface area contributed by atoms with Gasteiger partial charge in [-0.2, -0.15) is 5.10 Å². The normalized spacial score (nSPS) is 11.2. The van der Waals surface area contributed by atoms with Crippen LogP contribution in [-0.2, 0) is 4.79 Å². The average Bonchev–Trinajstić information content (AvgIpc) is 3.65. The molecule has 0 atom stereocenters. The van der Waals surface area contributed by atoms with Crippen LogP contribution < -0.4 is 20.2 Å². The van der Waals surface area contributed by atoms with E-state index in [-0.39, 0.29) is 17.2 Å². The van der Waals surface area contributed by atoms with Crippen LogP contribution in [-0.4, -0.2) is 30.6 Å². The van der Waals surface area contributed by atoms with Gasteiger partial charge in [0.2, 0.25) is 5.76 Å². The van der Waals surface area contributed by atoms with Crippen molar-refractivity contribution in [2.24, 2.45) is 5.10 Å². The Balaban J connectivity index is 1.46. The van der Waals surface area contributed by atoms with Crippen LogP contribution in [0.3, 0.4) is 0 Å². The van der Waals surface area contributed by atoms with E-state index in [2.05, 4.69) is 15.8 Å². The molecule has 0 fully saturated rings. The van der Waals surface area contributed by atoms with Crippen molar-refractivity contribution in [1.82, 2.24) is 10.7 Å². The second-order valence-electron chi connectivity index (χ2n) is 7.60. The number of hydrazone groups is 1. The molecule has 0 saturated carbocycles. The molecule has 192 valence electrons. The number of hydrogen-bond donors (Lipinski definition) is 2. The third-order valence-electron chi connectivity index (χ3n) is 4.93. The minimum atomic E-state index is -0.660. The Labute approximate surface area is 222 Å². The number of ether oxygens (including phenoxy) is 2. The standard InChI is InChI=1S/C28H23N3O6S/c1-2-35-25-16-19(12-13-23(25)37-28(34)24-11-6-14-36-24)18-29-31-27(33)22(17-21-10-7-15-38-21)30-26(32)20-8-4-3-5-9-20/h3-18H,2H2,1H3,(H,30,32)(H,31,33)/b22-17+,29-18+. The zero-order valence-electron chi connectivity index (χ0n) is 20.2. The van der Waals surface area contributed by atoms with E-state index in [1.807, 2.05) is 17.5 Å². The number of furan rings is 1. The molecule has 0 bridgehead atoms. The van der Waals surface area contributed by atoms with Crippen LogP contribution in [0.4, 0.5) is 0 Å². The van der Waals surface area contributed by atoms with Gasteiger partial charge in [-0.25, -0.2) is 10.2 Å². The Morgan fingerprint density at radius 2 is 1.84 bits per heavy atom.